The van der Waals surface area contributed by atoms with E-state index in [4.69, 9.17) is 0 Å². The average Bonchev–Trinajstić information content (AvgIpc) is 2.94. The first-order valence-corrected chi connectivity index (χ1v) is 17.5. The van der Waals surface area contributed by atoms with E-state index in [1.54, 1.807) is 0 Å². The van der Waals surface area contributed by atoms with Crippen LogP contribution in [0.3, 0.4) is 0 Å². The summed E-state index contributed by atoms with van der Waals surface area (Å²) in [5.74, 6) is 2.44. The van der Waals surface area contributed by atoms with Crippen molar-refractivity contribution in [1.82, 2.24) is 0 Å². The highest BCUT2D eigenvalue weighted by molar-refractivity contribution is 8.00. The molecule has 9 atom stereocenters. The minimum atomic E-state index is -0.128. The van der Waals surface area contributed by atoms with Crippen LogP contribution in [0.5, 0.6) is 0 Å². The number of hydrogen-bond acceptors (Lipinski definition) is 5. The summed E-state index contributed by atoms with van der Waals surface area (Å²) in [4.78, 5) is 2.55. The first-order valence-electron chi connectivity index (χ1n) is 15.7. The summed E-state index contributed by atoms with van der Waals surface area (Å²) in [7, 11) is 0. The Hall–Kier alpha value is -1.24. The van der Waals surface area contributed by atoms with E-state index in [-0.39, 0.29) is 18.3 Å². The number of thioether (sulfide) groups is 2. The monoisotopic (exact) mass is 598 g/mol. The number of aliphatic hydroxyl groups is 3. The first kappa shape index (κ1) is 34.3. The predicted molar refractivity (Wildman–Crippen MR) is 178 cm³/mol. The second kappa shape index (κ2) is 17.8. The number of aliphatic hydroxyl groups excluding tert-OH is 3. The van der Waals surface area contributed by atoms with Gasteiger partial charge in [0.15, 0.2) is 0 Å². The van der Waals surface area contributed by atoms with Gasteiger partial charge in [0.2, 0.25) is 0 Å². The number of hydrogen-bond donors (Lipinski definition) is 3. The summed E-state index contributed by atoms with van der Waals surface area (Å²) >= 11 is 3.65. The lowest BCUT2D eigenvalue weighted by Crippen LogP contribution is -2.30. The second-order valence-electron chi connectivity index (χ2n) is 12.8. The summed E-state index contributed by atoms with van der Waals surface area (Å²) in [6.45, 7) is 12.6. The molecule has 2 aromatic carbocycles. The van der Waals surface area contributed by atoms with E-state index in [1.165, 1.54) is 29.1 Å². The van der Waals surface area contributed by atoms with Gasteiger partial charge in [-0.25, -0.2) is 0 Å². The van der Waals surface area contributed by atoms with Crippen LogP contribution < -0.4 is 0 Å². The molecule has 5 rings (SSSR count). The van der Waals surface area contributed by atoms with Crippen molar-refractivity contribution in [2.24, 2.45) is 23.7 Å². The fourth-order valence-electron chi connectivity index (χ4n) is 6.19. The standard InChI is InChI=1S/2C13H18OS.C10H18O/c2*1-10-7-8-13(12(14)9-10)15-11-5-3-2-4-6-11;1-7(2)9-5-4-8(3)6-10(9)11/h2*2-6,10,12-14H,7-9H2,1H3;8-11H,1,4-6H2,2-3H3/t10-,12-,13+;10-,12-,13-;8-,9+,10-/m111/s1. The minimum Gasteiger partial charge on any atom is -0.392 e. The maximum absolute atomic E-state index is 9.98. The Balaban J connectivity index is 0.000000172. The van der Waals surface area contributed by atoms with Gasteiger partial charge in [-0.05, 0) is 107 Å². The molecule has 0 heterocycles. The van der Waals surface area contributed by atoms with Crippen LogP contribution >= 0.6 is 23.5 Å². The molecule has 228 valence electrons. The molecule has 3 aliphatic rings. The molecule has 3 saturated carbocycles. The van der Waals surface area contributed by atoms with Gasteiger partial charge in [0.1, 0.15) is 0 Å². The zero-order valence-electron chi connectivity index (χ0n) is 25.7. The maximum atomic E-state index is 9.98. The van der Waals surface area contributed by atoms with Gasteiger partial charge in [-0.1, -0.05) is 69.3 Å². The van der Waals surface area contributed by atoms with Gasteiger partial charge in [0.25, 0.3) is 0 Å². The molecular formula is C36H54O3S2. The molecule has 0 aromatic heterocycles. The molecule has 0 amide bonds. The van der Waals surface area contributed by atoms with Crippen molar-refractivity contribution in [1.29, 1.82) is 0 Å². The molecule has 3 N–H and O–H groups in total. The quantitative estimate of drug-likeness (QED) is 0.300. The van der Waals surface area contributed by atoms with E-state index in [9.17, 15) is 15.3 Å². The van der Waals surface area contributed by atoms with E-state index in [0.717, 1.165) is 44.1 Å². The van der Waals surface area contributed by atoms with Crippen molar-refractivity contribution in [2.75, 3.05) is 0 Å². The van der Waals surface area contributed by atoms with Crippen LogP contribution in [0.1, 0.15) is 85.5 Å². The van der Waals surface area contributed by atoms with E-state index in [2.05, 4.69) is 75.9 Å². The highest BCUT2D eigenvalue weighted by atomic mass is 32.2. The maximum Gasteiger partial charge on any atom is 0.0664 e. The summed E-state index contributed by atoms with van der Waals surface area (Å²) in [6, 6.07) is 20.8. The van der Waals surface area contributed by atoms with E-state index < -0.39 is 0 Å². The summed E-state index contributed by atoms with van der Waals surface area (Å²) in [5, 5.41) is 30.4. The molecule has 2 aromatic rings. The minimum absolute atomic E-state index is 0.126. The van der Waals surface area contributed by atoms with Crippen LogP contribution in [-0.4, -0.2) is 44.1 Å². The van der Waals surface area contributed by atoms with Gasteiger partial charge in [-0.3, -0.25) is 0 Å². The summed E-state index contributed by atoms with van der Waals surface area (Å²) in [6.07, 6.45) is 9.65. The van der Waals surface area contributed by atoms with Gasteiger partial charge in [-0.2, -0.15) is 0 Å². The van der Waals surface area contributed by atoms with Gasteiger partial charge in [0, 0.05) is 26.2 Å². The van der Waals surface area contributed by atoms with Gasteiger partial charge in [-0.15, -0.1) is 23.5 Å². The molecule has 0 saturated heterocycles. The lowest BCUT2D eigenvalue weighted by molar-refractivity contribution is 0.0656. The number of rotatable bonds is 5. The summed E-state index contributed by atoms with van der Waals surface area (Å²) < 4.78 is 0. The normalized spacial score (nSPS) is 33.4. The third-order valence-corrected chi connectivity index (χ3v) is 11.6. The van der Waals surface area contributed by atoms with Crippen molar-refractivity contribution < 1.29 is 15.3 Å². The van der Waals surface area contributed by atoms with Crippen LogP contribution in [0.2, 0.25) is 0 Å². The third kappa shape index (κ3) is 12.1. The Morgan fingerprint density at radius 1 is 0.585 bits per heavy atom. The molecule has 0 aliphatic heterocycles. The van der Waals surface area contributed by atoms with Crippen molar-refractivity contribution in [3.05, 3.63) is 72.8 Å². The smallest absolute Gasteiger partial charge is 0.0664 e. The average molecular weight is 599 g/mol. The Labute approximate surface area is 258 Å². The fourth-order valence-corrected chi connectivity index (χ4v) is 8.57. The van der Waals surface area contributed by atoms with Crippen molar-refractivity contribution in [2.45, 2.75) is 124 Å². The lowest BCUT2D eigenvalue weighted by atomic mass is 9.78. The SMILES string of the molecule is C=C(C)[C@@H]1CC[C@@H](C)C[C@H]1O.C[C@@H]1CC[C@@H](Sc2ccccc2)[C@H](O)C1.C[C@@H]1CC[C@H](Sc2ccccc2)[C@H](O)C1. The van der Waals surface area contributed by atoms with Crippen LogP contribution in [0.25, 0.3) is 0 Å². The molecule has 0 spiro atoms. The molecule has 5 heteroatoms. The van der Waals surface area contributed by atoms with Crippen LogP contribution in [0.4, 0.5) is 0 Å². The van der Waals surface area contributed by atoms with Gasteiger partial charge < -0.3 is 15.3 Å². The Bertz CT molecular complexity index is 937. The van der Waals surface area contributed by atoms with E-state index in [1.807, 2.05) is 42.6 Å². The van der Waals surface area contributed by atoms with Crippen LogP contribution in [-0.2, 0) is 0 Å². The van der Waals surface area contributed by atoms with Gasteiger partial charge >= 0.3 is 0 Å². The first-order chi connectivity index (χ1) is 19.6. The lowest BCUT2D eigenvalue weighted by Gasteiger charge is -2.31. The van der Waals surface area contributed by atoms with Crippen molar-refractivity contribution >= 4 is 23.5 Å². The van der Waals surface area contributed by atoms with E-state index >= 15 is 0 Å². The fraction of sp³-hybridized carbons (Fsp3) is 0.611. The largest absolute Gasteiger partial charge is 0.392 e. The highest BCUT2D eigenvalue weighted by Gasteiger charge is 2.29. The molecular weight excluding hydrogens is 545 g/mol. The molecule has 3 nitrogen and oxygen atoms in total. The van der Waals surface area contributed by atoms with E-state index in [0.29, 0.717) is 34.2 Å². The summed E-state index contributed by atoms with van der Waals surface area (Å²) in [5.41, 5.74) is 1.14. The zero-order chi connectivity index (χ0) is 29.8. The predicted octanol–water partition coefficient (Wildman–Crippen LogP) is 9.02. The molecule has 0 bridgehead atoms. The molecule has 0 unspecified atom stereocenters. The Kier molecular flexibility index (Phi) is 14.8. The zero-order valence-corrected chi connectivity index (χ0v) is 27.3. The van der Waals surface area contributed by atoms with Crippen LogP contribution in [0, 0.1) is 23.7 Å². The Morgan fingerprint density at radius 2 is 0.951 bits per heavy atom. The van der Waals surface area contributed by atoms with Gasteiger partial charge in [0.05, 0.1) is 18.3 Å². The topological polar surface area (TPSA) is 60.7 Å². The number of benzene rings is 2. The van der Waals surface area contributed by atoms with Crippen molar-refractivity contribution in [3.8, 4) is 0 Å². The second-order valence-corrected chi connectivity index (χ2v) is 15.5. The molecule has 0 radical (unpaired) electrons. The third-order valence-electron chi connectivity index (χ3n) is 8.81. The molecule has 3 aliphatic carbocycles. The Morgan fingerprint density at radius 3 is 1.29 bits per heavy atom. The van der Waals surface area contributed by atoms with Crippen LogP contribution in [0.15, 0.2) is 82.6 Å². The highest BCUT2D eigenvalue weighted by Crippen LogP contribution is 2.37. The van der Waals surface area contributed by atoms with Crippen molar-refractivity contribution in [3.63, 3.8) is 0 Å². The molecule has 3 fully saturated rings. The molecule has 41 heavy (non-hydrogen) atoms.